The summed E-state index contributed by atoms with van der Waals surface area (Å²) in [5, 5.41) is 0.218. The predicted octanol–water partition coefficient (Wildman–Crippen LogP) is 11.0. The number of halogens is 4. The van der Waals surface area contributed by atoms with Crippen molar-refractivity contribution in [2.24, 2.45) is 8.73 Å². The van der Waals surface area contributed by atoms with E-state index in [-0.39, 0.29) is 70.6 Å². The molecular weight excluding hydrogens is 910 g/mol. The normalized spacial score (nSPS) is 11.5. The number of aromatic nitrogens is 2. The molecule has 2 aromatic heterocycles. The van der Waals surface area contributed by atoms with Crippen molar-refractivity contribution in [2.75, 3.05) is 25.0 Å². The Labute approximate surface area is 380 Å². The maximum Gasteiger partial charge on any atom is 0.153 e. The first-order valence-electron chi connectivity index (χ1n) is 19.2. The Kier molecular flexibility index (Phi) is 15.1. The van der Waals surface area contributed by atoms with E-state index in [0.29, 0.717) is 68.5 Å². The topological polar surface area (TPSA) is 156 Å². The number of nitrogens with zero attached hydrogens (tertiary/aromatic N) is 4. The highest BCUT2D eigenvalue weighted by Gasteiger charge is 2.19. The van der Waals surface area contributed by atoms with Gasteiger partial charge in [0, 0.05) is 80.1 Å². The molecular formula is C46H42Cl2F2N4O8S2. The van der Waals surface area contributed by atoms with Gasteiger partial charge in [0.05, 0.1) is 44.9 Å². The summed E-state index contributed by atoms with van der Waals surface area (Å²) >= 11 is 13.0. The average Bonchev–Trinajstić information content (AvgIpc) is 3.22. The van der Waals surface area contributed by atoms with Crippen LogP contribution in [0.25, 0.3) is 11.1 Å². The molecule has 64 heavy (non-hydrogen) atoms. The molecule has 12 nitrogen and oxygen atoms in total. The minimum absolute atomic E-state index is 0.00960. The summed E-state index contributed by atoms with van der Waals surface area (Å²) in [6.07, 6.45) is 13.3. The Morgan fingerprint density at radius 3 is 1.28 bits per heavy atom. The molecule has 0 N–H and O–H groups in total. The van der Waals surface area contributed by atoms with E-state index in [1.54, 1.807) is 38.4 Å². The van der Waals surface area contributed by atoms with Crippen LogP contribution in [0.3, 0.4) is 0 Å². The van der Waals surface area contributed by atoms with Gasteiger partial charge < -0.3 is 18.9 Å². The highest BCUT2D eigenvalue weighted by Crippen LogP contribution is 2.38. The van der Waals surface area contributed by atoms with E-state index in [0.717, 1.165) is 0 Å². The molecule has 0 aliphatic rings. The molecule has 0 fully saturated rings. The number of pyridine rings is 2. The van der Waals surface area contributed by atoms with Crippen molar-refractivity contribution in [3.8, 4) is 34.1 Å². The number of benzene rings is 4. The zero-order chi connectivity index (χ0) is 46.3. The van der Waals surface area contributed by atoms with Crippen molar-refractivity contribution in [1.82, 2.24) is 9.97 Å². The molecule has 4 aromatic carbocycles. The summed E-state index contributed by atoms with van der Waals surface area (Å²) in [6, 6.07) is 14.3. The summed E-state index contributed by atoms with van der Waals surface area (Å²) < 4.78 is 87.5. The number of hydrogen-bond acceptors (Lipinski definition) is 12. The molecule has 0 spiro atoms. The molecule has 0 radical (unpaired) electrons. The third kappa shape index (κ3) is 12.6. The fraction of sp³-hybridized carbons (Fsp3) is 0.217. The second-order valence-corrected chi connectivity index (χ2v) is 21.1. The Hall–Kier alpha value is -5.94. The lowest BCUT2D eigenvalue weighted by Gasteiger charge is -2.18. The van der Waals surface area contributed by atoms with Crippen LogP contribution in [0, 0.1) is 25.5 Å². The van der Waals surface area contributed by atoms with Crippen molar-refractivity contribution in [1.29, 1.82) is 0 Å². The Morgan fingerprint density at radius 2 is 0.922 bits per heavy atom. The quantitative estimate of drug-likeness (QED) is 0.0807. The van der Waals surface area contributed by atoms with E-state index in [9.17, 15) is 18.0 Å². The van der Waals surface area contributed by atoms with Crippen LogP contribution in [0.15, 0.2) is 94.2 Å². The zero-order valence-corrected chi connectivity index (χ0v) is 38.6. The van der Waals surface area contributed by atoms with Crippen LogP contribution in [0.2, 0.25) is 10.0 Å². The fourth-order valence-electron chi connectivity index (χ4n) is 6.43. The summed E-state index contributed by atoms with van der Waals surface area (Å²) in [5.74, 6) is -0.559. The molecule has 0 atom stereocenters. The molecule has 6 rings (SSSR count). The first-order chi connectivity index (χ1) is 30.3. The van der Waals surface area contributed by atoms with Gasteiger partial charge in [0.1, 0.15) is 61.1 Å². The van der Waals surface area contributed by atoms with Crippen LogP contribution in [-0.2, 0) is 45.9 Å². The molecule has 0 unspecified atom stereocenters. The number of hydrogen-bond donors (Lipinski definition) is 0. The van der Waals surface area contributed by atoms with E-state index in [1.807, 2.05) is 0 Å². The van der Waals surface area contributed by atoms with Crippen LogP contribution in [-0.4, -0.2) is 56.0 Å². The molecule has 0 saturated carbocycles. The van der Waals surface area contributed by atoms with Gasteiger partial charge in [-0.15, -0.1) is 0 Å². The standard InChI is InChI=1S/C46H42Cl2F2N4O8S2/c1-27-33(25-61-45-15-43(31(21-55)11-41(45)47)59-23-29-7-37(19-51-17-29)53-63(3,4)57)9-35(49)13-39(27)40-14-36(50)10-34(28(40)2)26-62-46-16-44(32(22-56)12-42(46)48)60-24-30-8-38(20-52-18-30)54-64(5,6)58/h7-22H,23-26H2,1-6H3. The third-order valence-corrected chi connectivity index (χ3v) is 11.3. The highest BCUT2D eigenvalue weighted by molar-refractivity contribution is 7.92. The minimum Gasteiger partial charge on any atom is -0.488 e. The van der Waals surface area contributed by atoms with Crippen LogP contribution >= 0.6 is 23.2 Å². The van der Waals surface area contributed by atoms with Gasteiger partial charge in [-0.05, 0) is 95.8 Å². The fourth-order valence-corrected chi connectivity index (χ4v) is 8.10. The lowest BCUT2D eigenvalue weighted by atomic mass is 9.91. The lowest BCUT2D eigenvalue weighted by molar-refractivity contribution is 0.111. The van der Waals surface area contributed by atoms with Gasteiger partial charge in [-0.3, -0.25) is 19.6 Å². The average molecular weight is 952 g/mol. The smallest absolute Gasteiger partial charge is 0.153 e. The predicted molar refractivity (Wildman–Crippen MR) is 245 cm³/mol. The van der Waals surface area contributed by atoms with Crippen LogP contribution in [0.5, 0.6) is 23.0 Å². The summed E-state index contributed by atoms with van der Waals surface area (Å²) in [4.78, 5) is 32.2. The van der Waals surface area contributed by atoms with Gasteiger partial charge in [-0.25, -0.2) is 17.2 Å². The van der Waals surface area contributed by atoms with Crippen molar-refractivity contribution < 1.29 is 45.7 Å². The Bertz CT molecular complexity index is 2830. The molecule has 0 bridgehead atoms. The van der Waals surface area contributed by atoms with Crippen molar-refractivity contribution >= 4 is 66.6 Å². The molecule has 0 amide bonds. The van der Waals surface area contributed by atoms with Crippen molar-refractivity contribution in [3.63, 3.8) is 0 Å². The van der Waals surface area contributed by atoms with E-state index >= 15 is 8.78 Å². The van der Waals surface area contributed by atoms with Crippen LogP contribution < -0.4 is 18.9 Å². The van der Waals surface area contributed by atoms with Crippen LogP contribution in [0.1, 0.15) is 54.1 Å². The van der Waals surface area contributed by atoms with Gasteiger partial charge in [0.15, 0.2) is 12.6 Å². The molecule has 2 heterocycles. The van der Waals surface area contributed by atoms with Gasteiger partial charge >= 0.3 is 0 Å². The van der Waals surface area contributed by atoms with E-state index in [2.05, 4.69) is 18.7 Å². The second-order valence-electron chi connectivity index (χ2n) is 15.2. The SMILES string of the molecule is Cc1c(COc2cc(OCc3cncc(N=S(C)(C)=O)c3)c(C=O)cc2Cl)cc(F)cc1-c1cc(F)cc(COc2cc(OCc3cncc(N=S(C)(C)=O)c3)c(C=O)cc2Cl)c1C. The first kappa shape index (κ1) is 47.5. The summed E-state index contributed by atoms with van der Waals surface area (Å²) in [7, 11) is -4.85. The Morgan fingerprint density at radius 1 is 0.547 bits per heavy atom. The van der Waals surface area contributed by atoms with Gasteiger partial charge in [-0.1, -0.05) is 23.2 Å². The number of rotatable bonds is 17. The Balaban J connectivity index is 1.20. The molecule has 0 aliphatic carbocycles. The molecule has 18 heteroatoms. The zero-order valence-electron chi connectivity index (χ0n) is 35.4. The largest absolute Gasteiger partial charge is 0.488 e. The van der Waals surface area contributed by atoms with Gasteiger partial charge in [-0.2, -0.15) is 8.73 Å². The number of ether oxygens (including phenoxy) is 4. The second kappa shape index (κ2) is 20.3. The number of carbonyl (C=O) groups excluding carboxylic acids is 2. The van der Waals surface area contributed by atoms with Crippen molar-refractivity contribution in [2.45, 2.75) is 40.3 Å². The lowest BCUT2D eigenvalue weighted by Crippen LogP contribution is -2.05. The maximum atomic E-state index is 15.4. The molecule has 0 saturated heterocycles. The first-order valence-corrected chi connectivity index (χ1v) is 24.6. The summed E-state index contributed by atoms with van der Waals surface area (Å²) in [6.45, 7) is 3.18. The van der Waals surface area contributed by atoms with Crippen LogP contribution in [0.4, 0.5) is 20.2 Å². The van der Waals surface area contributed by atoms with E-state index in [4.69, 9.17) is 42.1 Å². The van der Waals surface area contributed by atoms with Crippen molar-refractivity contribution in [3.05, 3.63) is 152 Å². The maximum absolute atomic E-state index is 15.4. The third-order valence-electron chi connectivity index (χ3n) is 9.40. The molecule has 6 aromatic rings. The minimum atomic E-state index is -2.42. The monoisotopic (exact) mass is 950 g/mol. The molecule has 0 aliphatic heterocycles. The van der Waals surface area contributed by atoms with Gasteiger partial charge in [0.25, 0.3) is 0 Å². The number of aldehydes is 2. The van der Waals surface area contributed by atoms with E-state index in [1.165, 1.54) is 85.9 Å². The highest BCUT2D eigenvalue weighted by atomic mass is 35.5. The summed E-state index contributed by atoms with van der Waals surface area (Å²) in [5.41, 5.74) is 5.24. The number of carbonyl (C=O) groups is 2. The van der Waals surface area contributed by atoms with E-state index < -0.39 is 31.1 Å². The molecule has 334 valence electrons. The van der Waals surface area contributed by atoms with Gasteiger partial charge in [0.2, 0.25) is 0 Å².